The number of aliphatic hydroxyl groups is 1. The molecule has 0 aliphatic heterocycles. The Hall–Kier alpha value is -0.770. The van der Waals surface area contributed by atoms with Crippen LogP contribution in [-0.4, -0.2) is 39.5 Å². The van der Waals surface area contributed by atoms with Gasteiger partial charge in [-0.1, -0.05) is 12.1 Å². The minimum Gasteiger partial charge on any atom is -1.00 e. The number of quaternary nitrogens is 1. The predicted molar refractivity (Wildman–Crippen MR) is 58.6 cm³/mol. The molecule has 0 saturated heterocycles. The number of rotatable bonds is 4. The van der Waals surface area contributed by atoms with Crippen molar-refractivity contribution >= 4 is 5.69 Å². The second kappa shape index (κ2) is 5.95. The van der Waals surface area contributed by atoms with E-state index in [-0.39, 0.29) is 19.0 Å². The molecular weight excluding hydrogens is 214 g/mol. The van der Waals surface area contributed by atoms with E-state index < -0.39 is 0 Å². The van der Waals surface area contributed by atoms with Gasteiger partial charge in [-0.05, 0) is 6.07 Å². The summed E-state index contributed by atoms with van der Waals surface area (Å²) in [6, 6.07) is 7.89. The van der Waals surface area contributed by atoms with E-state index in [0.717, 1.165) is 11.4 Å². The van der Waals surface area contributed by atoms with Crippen molar-refractivity contribution in [1.29, 1.82) is 0 Å². The Labute approximate surface area is 97.3 Å². The summed E-state index contributed by atoms with van der Waals surface area (Å²) in [7, 11) is 6.25. The maximum absolute atomic E-state index is 8.69. The SMILES string of the molecule is C[N+](C)(C)c1ccccc1OCCO.[Cl-]. The van der Waals surface area contributed by atoms with Crippen LogP contribution in [0.15, 0.2) is 24.3 Å². The van der Waals surface area contributed by atoms with E-state index in [9.17, 15) is 0 Å². The van der Waals surface area contributed by atoms with E-state index in [2.05, 4.69) is 21.1 Å². The van der Waals surface area contributed by atoms with Gasteiger partial charge in [-0.15, -0.1) is 0 Å². The highest BCUT2D eigenvalue weighted by Gasteiger charge is 2.17. The summed E-state index contributed by atoms with van der Waals surface area (Å²) >= 11 is 0. The van der Waals surface area contributed by atoms with Crippen LogP contribution in [0.25, 0.3) is 0 Å². The second-order valence-corrected chi connectivity index (χ2v) is 4.05. The van der Waals surface area contributed by atoms with Crippen molar-refractivity contribution in [2.45, 2.75) is 0 Å². The molecule has 1 N–H and O–H groups in total. The van der Waals surface area contributed by atoms with Crippen LogP contribution in [0.2, 0.25) is 0 Å². The van der Waals surface area contributed by atoms with Crippen LogP contribution in [-0.2, 0) is 0 Å². The van der Waals surface area contributed by atoms with Gasteiger partial charge in [0.15, 0.2) is 11.4 Å². The van der Waals surface area contributed by atoms with Crippen LogP contribution in [0.4, 0.5) is 5.69 Å². The number of para-hydroxylation sites is 2. The maximum Gasteiger partial charge on any atom is 0.180 e. The third-order valence-corrected chi connectivity index (χ3v) is 1.94. The van der Waals surface area contributed by atoms with Crippen LogP contribution >= 0.6 is 0 Å². The number of hydrogen-bond donors (Lipinski definition) is 1. The molecule has 0 amide bonds. The minimum absolute atomic E-state index is 0. The molecule has 1 aromatic rings. The summed E-state index contributed by atoms with van der Waals surface area (Å²) in [4.78, 5) is 0. The van der Waals surface area contributed by atoms with Gasteiger partial charge in [0, 0.05) is 6.07 Å². The number of aliphatic hydroxyl groups excluding tert-OH is 1. The van der Waals surface area contributed by atoms with Crippen LogP contribution in [0.3, 0.4) is 0 Å². The Bertz CT molecular complexity index is 297. The molecule has 0 radical (unpaired) electrons. The summed E-state index contributed by atoms with van der Waals surface area (Å²) in [5, 5.41) is 8.69. The lowest BCUT2D eigenvalue weighted by Gasteiger charge is -2.25. The zero-order chi connectivity index (χ0) is 10.6. The van der Waals surface area contributed by atoms with Gasteiger partial charge in [-0.25, -0.2) is 0 Å². The molecule has 0 atom stereocenters. The number of hydrogen-bond acceptors (Lipinski definition) is 2. The first-order valence-electron chi connectivity index (χ1n) is 4.70. The van der Waals surface area contributed by atoms with Crippen molar-refractivity contribution in [3.05, 3.63) is 24.3 Å². The molecule has 0 fully saturated rings. The summed E-state index contributed by atoms with van der Waals surface area (Å²) < 4.78 is 6.16. The molecular formula is C11H18ClNO2. The van der Waals surface area contributed by atoms with E-state index in [0.29, 0.717) is 11.1 Å². The first kappa shape index (κ1) is 14.2. The van der Waals surface area contributed by atoms with Gasteiger partial charge in [-0.2, -0.15) is 0 Å². The third-order valence-electron chi connectivity index (χ3n) is 1.94. The molecule has 1 aromatic carbocycles. The van der Waals surface area contributed by atoms with E-state index in [1.54, 1.807) is 0 Å². The average Bonchev–Trinajstić information content (AvgIpc) is 2.14. The van der Waals surface area contributed by atoms with Crippen LogP contribution < -0.4 is 21.6 Å². The van der Waals surface area contributed by atoms with Crippen molar-refractivity contribution in [2.75, 3.05) is 34.4 Å². The van der Waals surface area contributed by atoms with Gasteiger partial charge < -0.3 is 22.3 Å². The smallest absolute Gasteiger partial charge is 0.180 e. The third kappa shape index (κ3) is 4.08. The first-order chi connectivity index (χ1) is 6.55. The Morgan fingerprint density at radius 1 is 1.20 bits per heavy atom. The number of halogens is 1. The topological polar surface area (TPSA) is 29.5 Å². The van der Waals surface area contributed by atoms with Crippen LogP contribution in [0.1, 0.15) is 0 Å². The predicted octanol–water partition coefficient (Wildman–Crippen LogP) is -1.74. The van der Waals surface area contributed by atoms with Gasteiger partial charge in [0.05, 0.1) is 27.7 Å². The molecule has 0 saturated carbocycles. The lowest BCUT2D eigenvalue weighted by molar-refractivity contribution is -0.00000440. The largest absolute Gasteiger partial charge is 1.00 e. The van der Waals surface area contributed by atoms with Crippen molar-refractivity contribution in [1.82, 2.24) is 4.48 Å². The normalized spacial score (nSPS) is 10.7. The van der Waals surface area contributed by atoms with Crippen LogP contribution in [0.5, 0.6) is 5.75 Å². The molecule has 0 aliphatic rings. The molecule has 0 aliphatic carbocycles. The van der Waals surface area contributed by atoms with Crippen molar-refractivity contribution in [2.24, 2.45) is 0 Å². The van der Waals surface area contributed by atoms with E-state index in [1.165, 1.54) is 0 Å². The van der Waals surface area contributed by atoms with Crippen molar-refractivity contribution < 1.29 is 22.3 Å². The highest BCUT2D eigenvalue weighted by atomic mass is 35.5. The fourth-order valence-electron chi connectivity index (χ4n) is 1.29. The van der Waals surface area contributed by atoms with Crippen molar-refractivity contribution in [3.63, 3.8) is 0 Å². The highest BCUT2D eigenvalue weighted by Crippen LogP contribution is 2.29. The molecule has 0 heterocycles. The first-order valence-corrected chi connectivity index (χ1v) is 4.70. The van der Waals surface area contributed by atoms with Gasteiger partial charge in [-0.3, -0.25) is 4.48 Å². The number of benzene rings is 1. The number of ether oxygens (including phenoxy) is 1. The molecule has 86 valence electrons. The molecule has 0 spiro atoms. The molecule has 0 unspecified atom stereocenters. The standard InChI is InChI=1S/C11H18NO2.ClH/c1-12(2,3)10-6-4-5-7-11(10)14-9-8-13;/h4-7,13H,8-9H2,1-3H3;1H/q+1;/p-1. The van der Waals surface area contributed by atoms with Crippen molar-refractivity contribution in [3.8, 4) is 5.75 Å². The molecule has 1 rings (SSSR count). The van der Waals surface area contributed by atoms with Gasteiger partial charge >= 0.3 is 0 Å². The van der Waals surface area contributed by atoms with Gasteiger partial charge in [0.25, 0.3) is 0 Å². The Kier molecular flexibility index (Phi) is 5.65. The summed E-state index contributed by atoms with van der Waals surface area (Å²) in [5.41, 5.74) is 1.11. The fourth-order valence-corrected chi connectivity index (χ4v) is 1.29. The lowest BCUT2D eigenvalue weighted by Crippen LogP contribution is -3.00. The Morgan fingerprint density at radius 2 is 1.80 bits per heavy atom. The molecule has 0 aromatic heterocycles. The summed E-state index contributed by atoms with van der Waals surface area (Å²) in [5.74, 6) is 0.842. The van der Waals surface area contributed by atoms with Gasteiger partial charge in [0.1, 0.15) is 6.61 Å². The molecule has 0 bridgehead atoms. The lowest BCUT2D eigenvalue weighted by atomic mass is 10.2. The molecule has 15 heavy (non-hydrogen) atoms. The maximum atomic E-state index is 8.69. The zero-order valence-electron chi connectivity index (χ0n) is 9.40. The quantitative estimate of drug-likeness (QED) is 0.624. The summed E-state index contributed by atoms with van der Waals surface area (Å²) in [6.07, 6.45) is 0. The molecule has 4 heteroatoms. The second-order valence-electron chi connectivity index (χ2n) is 4.05. The Morgan fingerprint density at radius 3 is 2.33 bits per heavy atom. The van der Waals surface area contributed by atoms with Crippen LogP contribution in [0, 0.1) is 0 Å². The Balaban J connectivity index is 0.00000196. The van der Waals surface area contributed by atoms with E-state index in [1.807, 2.05) is 24.3 Å². The van der Waals surface area contributed by atoms with E-state index >= 15 is 0 Å². The fraction of sp³-hybridized carbons (Fsp3) is 0.455. The minimum atomic E-state index is 0. The average molecular weight is 232 g/mol. The molecule has 3 nitrogen and oxygen atoms in total. The highest BCUT2D eigenvalue weighted by molar-refractivity contribution is 5.54. The monoisotopic (exact) mass is 231 g/mol. The zero-order valence-corrected chi connectivity index (χ0v) is 10.2. The number of nitrogens with zero attached hydrogens (tertiary/aromatic N) is 1. The van der Waals surface area contributed by atoms with Gasteiger partial charge in [0.2, 0.25) is 0 Å². The van der Waals surface area contributed by atoms with E-state index in [4.69, 9.17) is 9.84 Å². The summed E-state index contributed by atoms with van der Waals surface area (Å²) in [6.45, 7) is 0.391.